The van der Waals surface area contributed by atoms with Gasteiger partial charge in [-0.1, -0.05) is 87.4 Å². The molecule has 0 radical (unpaired) electrons. The molecule has 0 rings (SSSR count). The van der Waals surface area contributed by atoms with E-state index in [2.05, 4.69) is 122 Å². The maximum absolute atomic E-state index is 12.1. The van der Waals surface area contributed by atoms with Crippen LogP contribution in [0.25, 0.3) is 0 Å². The summed E-state index contributed by atoms with van der Waals surface area (Å²) in [5.74, 6) is -0.123. The minimum atomic E-state index is -2.51. The minimum Gasteiger partial charge on any atom is -1.00 e. The first kappa shape index (κ1) is 113. The first-order chi connectivity index (χ1) is 27.4. The van der Waals surface area contributed by atoms with E-state index in [0.29, 0.717) is 35.3 Å². The Morgan fingerprint density at radius 2 is 0.836 bits per heavy atom. The lowest BCUT2D eigenvalue weighted by Gasteiger charge is -2.42. The molecule has 73 heavy (non-hydrogen) atoms. The average Bonchev–Trinajstić information content (AvgIpc) is 3.00. The number of amides is 2. The maximum Gasteiger partial charge on any atom is 0.315 e. The molecular formula is C49H130Cl4N4O9Si7. The third-order valence-corrected chi connectivity index (χ3v) is 32.5. The van der Waals surface area contributed by atoms with Gasteiger partial charge in [-0.2, -0.15) is 0 Å². The Bertz CT molecular complexity index is 1370. The zero-order valence-corrected chi connectivity index (χ0v) is 52.9. The van der Waals surface area contributed by atoms with Crippen molar-refractivity contribution < 1.29 is 56.6 Å². The Balaban J connectivity index is -0.0000000576. The van der Waals surface area contributed by atoms with E-state index in [0.717, 1.165) is 43.9 Å². The van der Waals surface area contributed by atoms with E-state index in [4.69, 9.17) is 61.1 Å². The van der Waals surface area contributed by atoms with Crippen LogP contribution in [0.3, 0.4) is 0 Å². The Kier molecular flexibility index (Phi) is 79.6. The number of nitrogens with one attached hydrogen (secondary N) is 2. The number of rotatable bonds is 26. The summed E-state index contributed by atoms with van der Waals surface area (Å²) in [4.78, 5) is 43.1. The van der Waals surface area contributed by atoms with Crippen LogP contribution in [-0.4, -0.2) is 139 Å². The molecule has 0 aromatic heterocycles. The highest BCUT2D eigenvalue weighted by Crippen LogP contribution is 2.29. The quantitative estimate of drug-likeness (QED) is 0.0190. The van der Waals surface area contributed by atoms with Gasteiger partial charge in [-0.05, 0) is 179 Å². The topological polar surface area (TPSA) is 165 Å². The number of nitrogens with two attached hydrogens (primary N) is 1. The lowest BCUT2D eigenvalue weighted by atomic mass is 10.3. The SMILES string of the molecule is C.C.C.C.C.C.C.C.C.C.C=C(C)C(=O)Cl.C=C(C)C(=O)NCCC[Si](C)(O[Si](C)(C)C)O[Si](C)(C)O[Si](C)(C)CCCNC(=O)C[N+](C)(C)C.C[Si](C)(C)O[Si](C)(CCCN)O[Si](C)(C)C.O=C(Cl)CCl.[Cl-]. The molecule has 13 nitrogen and oxygen atoms in total. The number of carbonyl (C=O) groups is 4. The van der Waals surface area contributed by atoms with Gasteiger partial charge >= 0.3 is 25.7 Å². The van der Waals surface area contributed by atoms with E-state index in [1.165, 1.54) is 0 Å². The van der Waals surface area contributed by atoms with Crippen molar-refractivity contribution in [2.24, 2.45) is 5.73 Å². The summed E-state index contributed by atoms with van der Waals surface area (Å²) >= 11 is 14.4. The standard InChI is InChI=1S/C23H53N3O5Si4.C10H29NO2Si3.C4H5ClO.C2H2Cl2O.10CH4.ClH/c1-21(2)23(28)25-17-15-19-35(13,29-32(6,7)8)31-34(11,12)30-33(9,10)18-14-16-24-22(27)20-26(3,4)5;1-14(2,3)12-16(7,10-8-9-11)13-15(4,5)6;1-3(2)4(5)6;3-1-2(4)5;;;;;;;;;;;/h1,14-20H2,2-13H3,(H-,24,25,27,28);8-11H2,1-7H3;1H2,2H3;1H2;10*1H4;1H. The molecule has 456 valence electrons. The number of quaternary nitrogens is 1. The molecule has 24 heteroatoms. The summed E-state index contributed by atoms with van der Waals surface area (Å²) in [6.45, 7) is 45.7. The minimum absolute atomic E-state index is 0. The molecule has 1 unspecified atom stereocenters. The summed E-state index contributed by atoms with van der Waals surface area (Å²) in [7, 11) is -7.80. The van der Waals surface area contributed by atoms with Crippen molar-refractivity contribution in [2.75, 3.05) is 53.2 Å². The van der Waals surface area contributed by atoms with Crippen molar-refractivity contribution in [3.05, 3.63) is 24.3 Å². The van der Waals surface area contributed by atoms with Crippen molar-refractivity contribution in [3.8, 4) is 0 Å². The molecule has 2 amide bonds. The normalized spacial score (nSPS) is 11.4. The van der Waals surface area contributed by atoms with Crippen LogP contribution in [0.4, 0.5) is 0 Å². The van der Waals surface area contributed by atoms with E-state index in [9.17, 15) is 19.2 Å². The van der Waals surface area contributed by atoms with Crippen molar-refractivity contribution in [1.82, 2.24) is 10.6 Å². The lowest BCUT2D eigenvalue weighted by molar-refractivity contribution is -0.862. The monoisotopic (exact) mass is 1250 g/mol. The number of likely N-dealkylation sites (N-methyl/N-ethyl adjacent to an activating group) is 1. The summed E-state index contributed by atoms with van der Waals surface area (Å²) in [5.41, 5.74) is 6.50. The predicted molar refractivity (Wildman–Crippen MR) is 349 cm³/mol. The van der Waals surface area contributed by atoms with Gasteiger partial charge in [0.2, 0.25) is 16.4 Å². The van der Waals surface area contributed by atoms with Crippen LogP contribution in [0, 0.1) is 0 Å². The van der Waals surface area contributed by atoms with Gasteiger partial charge in [0.05, 0.1) is 27.0 Å². The van der Waals surface area contributed by atoms with E-state index in [1.807, 2.05) is 21.1 Å². The summed E-state index contributed by atoms with van der Waals surface area (Å²) < 4.78 is 33.5. The lowest BCUT2D eigenvalue weighted by Crippen LogP contribution is -3.00. The van der Waals surface area contributed by atoms with Crippen LogP contribution in [0.15, 0.2) is 24.3 Å². The molecule has 0 aliphatic heterocycles. The highest BCUT2D eigenvalue weighted by atomic mass is 35.5. The van der Waals surface area contributed by atoms with Gasteiger partial charge < -0.3 is 53.8 Å². The smallest absolute Gasteiger partial charge is 0.315 e. The summed E-state index contributed by atoms with van der Waals surface area (Å²) in [6, 6.07) is 2.78. The fourth-order valence-electron chi connectivity index (χ4n) is 5.86. The van der Waals surface area contributed by atoms with Crippen molar-refractivity contribution >= 4 is 116 Å². The van der Waals surface area contributed by atoms with E-state index >= 15 is 0 Å². The first-order valence-corrected chi connectivity index (χ1v) is 43.7. The molecule has 1 atom stereocenters. The van der Waals surface area contributed by atoms with Gasteiger partial charge in [0, 0.05) is 24.2 Å². The van der Waals surface area contributed by atoms with Crippen molar-refractivity contribution in [1.29, 1.82) is 0 Å². The molecule has 0 aromatic carbocycles. The van der Waals surface area contributed by atoms with E-state index in [-0.39, 0.29) is 104 Å². The molecule has 0 bridgehead atoms. The Hall–Kier alpha value is 0.158. The number of nitrogens with zero attached hydrogens (tertiary/aromatic N) is 1. The second-order valence-corrected chi connectivity index (χ2v) is 50.9. The Labute approximate surface area is 487 Å². The van der Waals surface area contributed by atoms with Gasteiger partial charge in [0.25, 0.3) is 5.91 Å². The summed E-state index contributed by atoms with van der Waals surface area (Å²) in [6.07, 6.45) is 2.71. The number of alkyl halides is 1. The van der Waals surface area contributed by atoms with E-state index in [1.54, 1.807) is 13.8 Å². The van der Waals surface area contributed by atoms with E-state index < -0.39 is 69.4 Å². The van der Waals surface area contributed by atoms with Crippen LogP contribution in [0.2, 0.25) is 116 Å². The molecule has 0 spiro atoms. The largest absolute Gasteiger partial charge is 1.00 e. The molecule has 0 aliphatic carbocycles. The molecular weight excluding hydrogens is 1130 g/mol. The number of allylic oxidation sites excluding steroid dienone is 1. The zero-order valence-electron chi connectivity index (χ0n) is 42.9. The number of halogens is 4. The fraction of sp³-hybridized carbons (Fsp3) is 0.837. The molecule has 0 fully saturated rings. The second kappa shape index (κ2) is 51.6. The number of hydrogen-bond donors (Lipinski definition) is 3. The van der Waals surface area contributed by atoms with Crippen molar-refractivity contribution in [3.63, 3.8) is 0 Å². The number of hydrogen-bond acceptors (Lipinski definition) is 10. The third kappa shape index (κ3) is 81.1. The van der Waals surface area contributed by atoms with Gasteiger partial charge in [-0.25, -0.2) is 0 Å². The predicted octanol–water partition coefficient (Wildman–Crippen LogP) is 12.9. The molecule has 0 saturated heterocycles. The molecule has 0 heterocycles. The average molecular weight is 1260 g/mol. The van der Waals surface area contributed by atoms with Gasteiger partial charge in [-0.3, -0.25) is 19.2 Å². The van der Waals surface area contributed by atoms with Crippen LogP contribution in [0.1, 0.15) is 107 Å². The van der Waals surface area contributed by atoms with Crippen LogP contribution in [-0.2, 0) is 39.8 Å². The highest BCUT2D eigenvalue weighted by Gasteiger charge is 2.45. The molecule has 4 N–H and O–H groups in total. The van der Waals surface area contributed by atoms with Crippen LogP contribution in [0.5, 0.6) is 0 Å². The highest BCUT2D eigenvalue weighted by molar-refractivity contribution is 6.90. The number of carbonyl (C=O) groups excluding carboxylic acids is 4. The Morgan fingerprint density at radius 1 is 0.534 bits per heavy atom. The second-order valence-electron chi connectivity index (χ2n) is 20.8. The van der Waals surface area contributed by atoms with Gasteiger partial charge in [0.1, 0.15) is 0 Å². The Morgan fingerprint density at radius 3 is 1.11 bits per heavy atom. The van der Waals surface area contributed by atoms with Gasteiger partial charge in [-0.15, -0.1) is 11.6 Å². The molecule has 0 aliphatic rings. The third-order valence-electron chi connectivity index (χ3n) is 7.20. The van der Waals surface area contributed by atoms with Gasteiger partial charge in [0.15, 0.2) is 39.8 Å². The molecule has 0 saturated carbocycles. The fourth-order valence-corrected chi connectivity index (χ4v) is 37.2. The first-order valence-electron chi connectivity index (χ1n) is 21.3. The maximum atomic E-state index is 12.1. The van der Waals surface area contributed by atoms with Crippen LogP contribution >= 0.6 is 34.8 Å². The van der Waals surface area contributed by atoms with Crippen molar-refractivity contribution in [2.45, 2.75) is 224 Å². The van der Waals surface area contributed by atoms with Crippen LogP contribution < -0.4 is 28.8 Å². The summed E-state index contributed by atoms with van der Waals surface area (Å²) in [5, 5.41) is 4.97. The molecule has 0 aromatic rings. The zero-order chi connectivity index (χ0) is 50.2.